The van der Waals surface area contributed by atoms with Crippen LogP contribution in [-0.2, 0) is 32.6 Å². The van der Waals surface area contributed by atoms with Crippen LogP contribution in [0.3, 0.4) is 0 Å². The maximum Gasteiger partial charge on any atom is 0.264 e. The number of nitrogens with one attached hydrogen (secondary N) is 1. The van der Waals surface area contributed by atoms with Crippen LogP contribution in [-0.4, -0.2) is 51.4 Å². The lowest BCUT2D eigenvalue weighted by Crippen LogP contribution is -2.53. The lowest BCUT2D eigenvalue weighted by molar-refractivity contribution is -0.140. The molecule has 0 saturated heterocycles. The zero-order valence-electron chi connectivity index (χ0n) is 26.0. The summed E-state index contributed by atoms with van der Waals surface area (Å²) in [5, 5.41) is 3.66. The first-order valence-electron chi connectivity index (χ1n) is 14.8. The smallest absolute Gasteiger partial charge is 0.264 e. The van der Waals surface area contributed by atoms with Gasteiger partial charge in [-0.2, -0.15) is 0 Å². The van der Waals surface area contributed by atoms with Gasteiger partial charge in [-0.05, 0) is 73.0 Å². The lowest BCUT2D eigenvalue weighted by Gasteiger charge is -2.34. The highest BCUT2D eigenvalue weighted by molar-refractivity contribution is 7.92. The number of anilines is 1. The Kier molecular flexibility index (Phi) is 12.1. The average Bonchev–Trinajstić information content (AvgIpc) is 3.05. The van der Waals surface area contributed by atoms with E-state index in [4.69, 9.17) is 27.9 Å². The van der Waals surface area contributed by atoms with Gasteiger partial charge in [-0.1, -0.05) is 84.2 Å². The van der Waals surface area contributed by atoms with Crippen molar-refractivity contribution in [1.29, 1.82) is 0 Å². The topological polar surface area (TPSA) is 96.0 Å². The summed E-state index contributed by atoms with van der Waals surface area (Å²) in [6.07, 6.45) is 0.894. The van der Waals surface area contributed by atoms with Crippen molar-refractivity contribution in [2.45, 2.75) is 44.2 Å². The number of hydrogen-bond donors (Lipinski definition) is 1. The third-order valence-electron chi connectivity index (χ3n) is 7.42. The molecule has 46 heavy (non-hydrogen) atoms. The van der Waals surface area contributed by atoms with E-state index in [9.17, 15) is 18.0 Å². The van der Waals surface area contributed by atoms with Gasteiger partial charge in [0.25, 0.3) is 10.0 Å². The molecule has 0 saturated carbocycles. The van der Waals surface area contributed by atoms with E-state index in [0.29, 0.717) is 40.0 Å². The van der Waals surface area contributed by atoms with E-state index in [1.54, 1.807) is 54.6 Å². The van der Waals surface area contributed by atoms with Crippen LogP contribution in [0.2, 0.25) is 10.0 Å². The van der Waals surface area contributed by atoms with E-state index in [-0.39, 0.29) is 23.8 Å². The van der Waals surface area contributed by atoms with E-state index >= 15 is 0 Å². The second-order valence-corrected chi connectivity index (χ2v) is 13.5. The molecule has 8 nitrogen and oxygen atoms in total. The number of amides is 2. The number of rotatable bonds is 14. The molecule has 0 heterocycles. The molecule has 0 bridgehead atoms. The summed E-state index contributed by atoms with van der Waals surface area (Å²) in [7, 11) is -2.75. The highest BCUT2D eigenvalue weighted by atomic mass is 35.5. The second kappa shape index (κ2) is 16.0. The molecule has 4 aromatic carbocycles. The van der Waals surface area contributed by atoms with Gasteiger partial charge in [0.2, 0.25) is 11.8 Å². The Morgan fingerprint density at radius 1 is 0.913 bits per heavy atom. The molecule has 0 radical (unpaired) electrons. The van der Waals surface area contributed by atoms with Gasteiger partial charge in [-0.15, -0.1) is 0 Å². The van der Waals surface area contributed by atoms with Crippen LogP contribution in [0, 0.1) is 6.92 Å². The molecule has 1 N–H and O–H groups in total. The van der Waals surface area contributed by atoms with Gasteiger partial charge < -0.3 is 15.0 Å². The summed E-state index contributed by atoms with van der Waals surface area (Å²) < 4.78 is 34.6. The van der Waals surface area contributed by atoms with Gasteiger partial charge in [0.1, 0.15) is 18.3 Å². The van der Waals surface area contributed by atoms with Crippen molar-refractivity contribution in [2.75, 3.05) is 24.5 Å². The summed E-state index contributed by atoms with van der Waals surface area (Å²) in [4.78, 5) is 29.6. The van der Waals surface area contributed by atoms with Crippen molar-refractivity contribution in [3.05, 3.63) is 124 Å². The standard InChI is InChI=1S/C35H37Cl2N3O5S/c1-4-20-38-35(42)33(21-26-8-6-5-7-9-26)39(23-27-12-13-28(36)22-32(27)37)34(41)24-40(29-14-10-25(2)11-15-29)46(43,44)31-18-16-30(45-3)17-19-31/h5-19,22,33H,4,20-21,23-24H2,1-3H3,(H,38,42)/t33-/m0/s1. The van der Waals surface area contributed by atoms with Crippen molar-refractivity contribution in [2.24, 2.45) is 0 Å². The van der Waals surface area contributed by atoms with Crippen LogP contribution in [0.25, 0.3) is 0 Å². The quantitative estimate of drug-likeness (QED) is 0.160. The van der Waals surface area contributed by atoms with Gasteiger partial charge >= 0.3 is 0 Å². The van der Waals surface area contributed by atoms with Crippen molar-refractivity contribution >= 4 is 50.7 Å². The van der Waals surface area contributed by atoms with Crippen LogP contribution < -0.4 is 14.4 Å². The Morgan fingerprint density at radius 2 is 1.59 bits per heavy atom. The average molecular weight is 683 g/mol. The fourth-order valence-corrected chi connectivity index (χ4v) is 6.75. The van der Waals surface area contributed by atoms with Crippen LogP contribution in [0.1, 0.15) is 30.0 Å². The molecule has 4 aromatic rings. The first-order chi connectivity index (χ1) is 22.0. The molecule has 0 unspecified atom stereocenters. The molecule has 1 atom stereocenters. The number of hydrogen-bond acceptors (Lipinski definition) is 5. The first kappa shape index (κ1) is 34.8. The summed E-state index contributed by atoms with van der Waals surface area (Å²) in [5.41, 5.74) is 2.61. The van der Waals surface area contributed by atoms with Crippen molar-refractivity contribution in [3.8, 4) is 5.75 Å². The van der Waals surface area contributed by atoms with Gasteiger partial charge in [0, 0.05) is 29.6 Å². The highest BCUT2D eigenvalue weighted by Gasteiger charge is 2.35. The fourth-order valence-electron chi connectivity index (χ4n) is 4.87. The molecule has 0 aliphatic rings. The minimum atomic E-state index is -4.24. The largest absolute Gasteiger partial charge is 0.497 e. The van der Waals surface area contributed by atoms with E-state index in [1.165, 1.54) is 24.1 Å². The molecule has 0 spiro atoms. The molecular weight excluding hydrogens is 645 g/mol. The number of aryl methyl sites for hydroxylation is 1. The minimum absolute atomic E-state index is 0.0181. The third kappa shape index (κ3) is 8.81. The summed E-state index contributed by atoms with van der Waals surface area (Å²) >= 11 is 12.7. The maximum atomic E-state index is 14.5. The first-order valence-corrected chi connectivity index (χ1v) is 17.0. The second-order valence-electron chi connectivity index (χ2n) is 10.8. The number of carbonyl (C=O) groups excluding carboxylic acids is 2. The van der Waals surface area contributed by atoms with Gasteiger partial charge in [0.15, 0.2) is 0 Å². The predicted molar refractivity (Wildman–Crippen MR) is 183 cm³/mol. The molecule has 0 aromatic heterocycles. The Labute approximate surface area is 280 Å². The fraction of sp³-hybridized carbons (Fsp3) is 0.257. The third-order valence-corrected chi connectivity index (χ3v) is 9.80. The number of halogens is 2. The predicted octanol–water partition coefficient (Wildman–Crippen LogP) is 6.67. The van der Waals surface area contributed by atoms with Gasteiger partial charge in [-0.25, -0.2) is 8.42 Å². The van der Waals surface area contributed by atoms with Crippen molar-refractivity contribution in [1.82, 2.24) is 10.2 Å². The van der Waals surface area contributed by atoms with Crippen molar-refractivity contribution < 1.29 is 22.7 Å². The van der Waals surface area contributed by atoms with Crippen LogP contribution in [0.15, 0.2) is 102 Å². The van der Waals surface area contributed by atoms with Crippen LogP contribution in [0.4, 0.5) is 5.69 Å². The van der Waals surface area contributed by atoms with Gasteiger partial charge in [0.05, 0.1) is 17.7 Å². The van der Waals surface area contributed by atoms with Crippen LogP contribution >= 0.6 is 23.2 Å². The number of methoxy groups -OCH3 is 1. The van der Waals surface area contributed by atoms with Gasteiger partial charge in [-0.3, -0.25) is 13.9 Å². The van der Waals surface area contributed by atoms with Crippen LogP contribution in [0.5, 0.6) is 5.75 Å². The number of nitrogens with zero attached hydrogens (tertiary/aromatic N) is 2. The molecule has 2 amide bonds. The van der Waals surface area contributed by atoms with E-state index in [0.717, 1.165) is 15.4 Å². The van der Waals surface area contributed by atoms with E-state index in [2.05, 4.69) is 5.32 Å². The lowest BCUT2D eigenvalue weighted by atomic mass is 10.0. The number of sulfonamides is 1. The molecule has 0 aliphatic carbocycles. The molecular formula is C35H37Cl2N3O5S. The normalized spacial score (nSPS) is 11.8. The Morgan fingerprint density at radius 3 is 2.20 bits per heavy atom. The molecule has 242 valence electrons. The number of carbonyl (C=O) groups is 2. The molecule has 4 rings (SSSR count). The SMILES string of the molecule is CCCNC(=O)[C@H](Cc1ccccc1)N(Cc1ccc(Cl)cc1Cl)C(=O)CN(c1ccc(C)cc1)S(=O)(=O)c1ccc(OC)cc1. The monoisotopic (exact) mass is 681 g/mol. The van der Waals surface area contributed by atoms with Crippen molar-refractivity contribution in [3.63, 3.8) is 0 Å². The molecule has 11 heteroatoms. The maximum absolute atomic E-state index is 14.5. The summed E-state index contributed by atoms with van der Waals surface area (Å²) in [6, 6.07) is 26.1. The zero-order chi connectivity index (χ0) is 33.3. The highest BCUT2D eigenvalue weighted by Crippen LogP contribution is 2.28. The molecule has 0 fully saturated rings. The zero-order valence-corrected chi connectivity index (χ0v) is 28.3. The Bertz CT molecular complexity index is 1730. The van der Waals surface area contributed by atoms with E-state index in [1.807, 2.05) is 44.2 Å². The number of benzene rings is 4. The van der Waals surface area contributed by atoms with E-state index < -0.39 is 28.5 Å². The summed E-state index contributed by atoms with van der Waals surface area (Å²) in [6.45, 7) is 3.60. The Hall–Kier alpha value is -4.05. The Balaban J connectivity index is 1.81. The number of ether oxygens (including phenoxy) is 1. The minimum Gasteiger partial charge on any atom is -0.497 e. The summed E-state index contributed by atoms with van der Waals surface area (Å²) in [5.74, 6) is -0.454. The molecule has 0 aliphatic heterocycles.